The largest absolute Gasteiger partial charge is 0.493 e. The lowest BCUT2D eigenvalue weighted by molar-refractivity contribution is -0.120. The Kier molecular flexibility index (Phi) is 8.35. The van der Waals surface area contributed by atoms with E-state index in [1.807, 2.05) is 0 Å². The van der Waals surface area contributed by atoms with E-state index in [4.69, 9.17) is 19.9 Å². The van der Waals surface area contributed by atoms with Crippen molar-refractivity contribution in [1.29, 1.82) is 0 Å². The second kappa shape index (κ2) is 11.2. The Labute approximate surface area is 199 Å². The van der Waals surface area contributed by atoms with Crippen LogP contribution in [-0.2, 0) is 21.4 Å². The predicted octanol–water partition coefficient (Wildman–Crippen LogP) is 1.67. The first kappa shape index (κ1) is 25.3. The van der Waals surface area contributed by atoms with Crippen LogP contribution in [0, 0.1) is 0 Å². The van der Waals surface area contributed by atoms with Crippen molar-refractivity contribution in [2.24, 2.45) is 5.73 Å². The molecule has 1 aliphatic rings. The third kappa shape index (κ3) is 5.97. The topological polar surface area (TPSA) is 137 Å². The number of amides is 2. The highest BCUT2D eigenvalue weighted by Gasteiger charge is 2.26. The zero-order valence-corrected chi connectivity index (χ0v) is 20.0. The Balaban J connectivity index is 1.74. The van der Waals surface area contributed by atoms with Gasteiger partial charge in [-0.3, -0.25) is 9.59 Å². The van der Waals surface area contributed by atoms with Crippen molar-refractivity contribution in [2.45, 2.75) is 30.7 Å². The lowest BCUT2D eigenvalue weighted by Crippen LogP contribution is -2.35. The molecule has 0 unspecified atom stereocenters. The first-order valence-corrected chi connectivity index (χ1v) is 12.2. The molecular formula is C23H29N3O7S. The fourth-order valence-corrected chi connectivity index (χ4v) is 5.24. The molecule has 0 bridgehead atoms. The van der Waals surface area contributed by atoms with Crippen LogP contribution in [0.1, 0.15) is 35.2 Å². The molecule has 1 saturated heterocycles. The molecule has 0 aromatic heterocycles. The van der Waals surface area contributed by atoms with Gasteiger partial charge in [-0.15, -0.1) is 0 Å². The molecular weight excluding hydrogens is 462 g/mol. The monoisotopic (exact) mass is 491 g/mol. The van der Waals surface area contributed by atoms with Crippen LogP contribution < -0.4 is 25.3 Å². The summed E-state index contributed by atoms with van der Waals surface area (Å²) < 4.78 is 43.3. The molecule has 3 N–H and O–H groups in total. The number of sulfonamides is 1. The summed E-state index contributed by atoms with van der Waals surface area (Å²) in [5, 5.41) is 2.77. The lowest BCUT2D eigenvalue weighted by Gasteiger charge is -2.26. The summed E-state index contributed by atoms with van der Waals surface area (Å²) in [4.78, 5) is 24.1. The summed E-state index contributed by atoms with van der Waals surface area (Å²) in [5.74, 6) is -0.561. The van der Waals surface area contributed by atoms with Gasteiger partial charge in [-0.1, -0.05) is 18.6 Å². The zero-order valence-electron chi connectivity index (χ0n) is 19.2. The van der Waals surface area contributed by atoms with E-state index in [0.29, 0.717) is 18.7 Å². The van der Waals surface area contributed by atoms with Crippen molar-refractivity contribution in [3.8, 4) is 17.2 Å². The number of nitrogens with one attached hydrogen (secondary N) is 1. The number of rotatable bonds is 10. The van der Waals surface area contributed by atoms with E-state index in [9.17, 15) is 18.0 Å². The van der Waals surface area contributed by atoms with Gasteiger partial charge in [0.25, 0.3) is 11.8 Å². The van der Waals surface area contributed by atoms with Gasteiger partial charge < -0.3 is 25.3 Å². The Bertz CT molecular complexity index is 1120. The van der Waals surface area contributed by atoms with Crippen LogP contribution >= 0.6 is 0 Å². The quantitative estimate of drug-likeness (QED) is 0.516. The third-order valence-electron chi connectivity index (χ3n) is 5.39. The molecule has 3 rings (SSSR count). The van der Waals surface area contributed by atoms with Crippen LogP contribution in [0.2, 0.25) is 0 Å². The summed E-state index contributed by atoms with van der Waals surface area (Å²) in [6.45, 7) is 0.778. The van der Waals surface area contributed by atoms with Crippen LogP contribution in [0.25, 0.3) is 0 Å². The Morgan fingerprint density at radius 1 is 1.03 bits per heavy atom. The minimum absolute atomic E-state index is 0.118. The van der Waals surface area contributed by atoms with Gasteiger partial charge in [-0.05, 0) is 42.7 Å². The van der Waals surface area contributed by atoms with Gasteiger partial charge >= 0.3 is 0 Å². The summed E-state index contributed by atoms with van der Waals surface area (Å²) in [6.07, 6.45) is 2.74. The molecule has 2 aromatic carbocycles. The lowest BCUT2D eigenvalue weighted by atomic mass is 10.1. The van der Waals surface area contributed by atoms with Crippen LogP contribution in [-0.4, -0.2) is 58.5 Å². The molecule has 0 atom stereocenters. The van der Waals surface area contributed by atoms with Crippen molar-refractivity contribution >= 4 is 21.8 Å². The maximum atomic E-state index is 12.9. The molecule has 0 saturated carbocycles. The van der Waals surface area contributed by atoms with Crippen LogP contribution in [0.4, 0.5) is 0 Å². The van der Waals surface area contributed by atoms with Gasteiger partial charge in [-0.2, -0.15) is 4.31 Å². The zero-order chi connectivity index (χ0) is 24.7. The van der Waals surface area contributed by atoms with E-state index < -0.39 is 21.8 Å². The molecule has 11 heteroatoms. The first-order chi connectivity index (χ1) is 16.3. The van der Waals surface area contributed by atoms with E-state index in [1.54, 1.807) is 24.3 Å². The molecule has 1 fully saturated rings. The molecule has 2 amide bonds. The number of benzene rings is 2. The van der Waals surface area contributed by atoms with E-state index in [1.165, 1.54) is 30.7 Å². The Hall–Kier alpha value is -3.31. The summed E-state index contributed by atoms with van der Waals surface area (Å²) in [7, 11) is -0.787. The second-order valence-corrected chi connectivity index (χ2v) is 9.70. The van der Waals surface area contributed by atoms with Crippen LogP contribution in [0.15, 0.2) is 41.3 Å². The number of ether oxygens (including phenoxy) is 3. The van der Waals surface area contributed by atoms with Gasteiger partial charge in [0.1, 0.15) is 0 Å². The molecule has 10 nitrogen and oxygen atoms in total. The Morgan fingerprint density at radius 2 is 1.68 bits per heavy atom. The van der Waals surface area contributed by atoms with Crippen molar-refractivity contribution in [2.75, 3.05) is 33.9 Å². The number of carbonyl (C=O) groups excluding carboxylic acids is 2. The fraction of sp³-hybridized carbons (Fsp3) is 0.391. The van der Waals surface area contributed by atoms with Crippen LogP contribution in [0.3, 0.4) is 0 Å². The molecule has 2 aromatic rings. The number of hydrogen-bond acceptors (Lipinski definition) is 7. The molecule has 1 aliphatic heterocycles. The number of nitrogens with zero attached hydrogens (tertiary/aromatic N) is 1. The Morgan fingerprint density at radius 3 is 2.26 bits per heavy atom. The van der Waals surface area contributed by atoms with Gasteiger partial charge in [0, 0.05) is 25.2 Å². The van der Waals surface area contributed by atoms with Crippen molar-refractivity contribution in [3.05, 3.63) is 47.5 Å². The summed E-state index contributed by atoms with van der Waals surface area (Å²) >= 11 is 0. The van der Waals surface area contributed by atoms with Crippen LogP contribution in [0.5, 0.6) is 17.2 Å². The molecule has 0 spiro atoms. The van der Waals surface area contributed by atoms with E-state index in [-0.39, 0.29) is 40.9 Å². The molecule has 1 heterocycles. The molecule has 34 heavy (non-hydrogen) atoms. The molecule has 184 valence electrons. The van der Waals surface area contributed by atoms with Crippen molar-refractivity contribution in [1.82, 2.24) is 9.62 Å². The highest BCUT2D eigenvalue weighted by Crippen LogP contribution is 2.38. The van der Waals surface area contributed by atoms with Crippen molar-refractivity contribution in [3.63, 3.8) is 0 Å². The normalized spacial score (nSPS) is 14.3. The maximum absolute atomic E-state index is 12.9. The van der Waals surface area contributed by atoms with Gasteiger partial charge in [-0.25, -0.2) is 8.42 Å². The number of carbonyl (C=O) groups is 2. The second-order valence-electron chi connectivity index (χ2n) is 7.76. The van der Waals surface area contributed by atoms with Gasteiger partial charge in [0.15, 0.2) is 18.1 Å². The number of hydrogen-bond donors (Lipinski definition) is 2. The third-order valence-corrected chi connectivity index (χ3v) is 7.28. The number of piperidine rings is 1. The summed E-state index contributed by atoms with van der Waals surface area (Å²) in [6, 6.07) is 9.45. The van der Waals surface area contributed by atoms with E-state index in [2.05, 4.69) is 5.32 Å². The molecule has 0 radical (unpaired) electrons. The average molecular weight is 492 g/mol. The van der Waals surface area contributed by atoms with E-state index in [0.717, 1.165) is 19.3 Å². The van der Waals surface area contributed by atoms with Crippen molar-refractivity contribution < 1.29 is 32.2 Å². The highest BCUT2D eigenvalue weighted by atomic mass is 32.2. The SMILES string of the molecule is COc1cc(C(=O)NCc2cccc(S(=O)(=O)N3CCCCC3)c2)cc(OC)c1OCC(N)=O. The number of methoxy groups -OCH3 is 2. The summed E-state index contributed by atoms with van der Waals surface area (Å²) in [5.41, 5.74) is 6.00. The number of primary amides is 1. The van der Waals surface area contributed by atoms with Gasteiger partial charge in [0.2, 0.25) is 15.8 Å². The first-order valence-electron chi connectivity index (χ1n) is 10.8. The average Bonchev–Trinajstić information content (AvgIpc) is 2.86. The maximum Gasteiger partial charge on any atom is 0.255 e. The standard InChI is InChI=1S/C23H29N3O7S/c1-31-19-12-17(13-20(32-2)22(19)33-15-21(24)27)23(28)25-14-16-7-6-8-18(11-16)34(29,30)26-9-4-3-5-10-26/h6-8,11-13H,3-5,9-10,14-15H2,1-2H3,(H2,24,27)(H,25,28). The predicted molar refractivity (Wildman–Crippen MR) is 124 cm³/mol. The minimum atomic E-state index is -3.57. The highest BCUT2D eigenvalue weighted by molar-refractivity contribution is 7.89. The fourth-order valence-electron chi connectivity index (χ4n) is 3.65. The molecule has 0 aliphatic carbocycles. The smallest absolute Gasteiger partial charge is 0.255 e. The number of nitrogens with two attached hydrogens (primary N) is 1. The minimum Gasteiger partial charge on any atom is -0.493 e. The van der Waals surface area contributed by atoms with Gasteiger partial charge in [0.05, 0.1) is 19.1 Å². The van der Waals surface area contributed by atoms with E-state index >= 15 is 0 Å².